The quantitative estimate of drug-likeness (QED) is 0.191. The van der Waals surface area contributed by atoms with E-state index in [1.165, 1.54) is 5.57 Å². The van der Waals surface area contributed by atoms with E-state index in [0.717, 1.165) is 44.9 Å². The molecule has 2 fully saturated rings. The molecule has 2 N–H and O–H groups in total. The Labute approximate surface area is 181 Å². The van der Waals surface area contributed by atoms with Gasteiger partial charge in [0.25, 0.3) is 0 Å². The van der Waals surface area contributed by atoms with Gasteiger partial charge in [0.1, 0.15) is 6.10 Å². The first-order valence-corrected chi connectivity index (χ1v) is 11.6. The largest absolute Gasteiger partial charge is 0.481 e. The Balaban J connectivity index is 1.64. The Kier molecular flexibility index (Phi) is 9.82. The smallest absolute Gasteiger partial charge is 0.306 e. The normalized spacial score (nSPS) is 30.5. The molecule has 1 heterocycles. The summed E-state index contributed by atoms with van der Waals surface area (Å²) in [7, 11) is 0. The average molecular weight is 425 g/mol. The number of aliphatic hydroxyl groups excluding tert-OH is 1. The number of unbranched alkanes of at least 4 members (excludes halogenated alkanes) is 5. The van der Waals surface area contributed by atoms with Crippen LogP contribution in [0.4, 0.5) is 0 Å². The highest BCUT2D eigenvalue weighted by molar-refractivity contribution is 5.69. The molecule has 1 saturated carbocycles. The molecule has 0 radical (unpaired) electrons. The van der Waals surface area contributed by atoms with Crippen LogP contribution in [-0.4, -0.2) is 46.1 Å². The van der Waals surface area contributed by atoms with Gasteiger partial charge in [-0.05, 0) is 59.3 Å². The van der Waals surface area contributed by atoms with Crippen LogP contribution >= 0.6 is 0 Å². The number of hydrogen-bond donors (Lipinski definition) is 2. The number of allylic oxidation sites excluding steroid dienone is 1. The van der Waals surface area contributed by atoms with Gasteiger partial charge in [0.05, 0.1) is 17.8 Å². The number of rotatable bonds is 13. The maximum atomic E-state index is 12.2. The van der Waals surface area contributed by atoms with E-state index in [1.54, 1.807) is 0 Å². The summed E-state index contributed by atoms with van der Waals surface area (Å²) in [6.45, 7) is 6.22. The molecule has 1 aliphatic heterocycles. The predicted molar refractivity (Wildman–Crippen MR) is 115 cm³/mol. The summed E-state index contributed by atoms with van der Waals surface area (Å²) >= 11 is 0. The second-order valence-corrected chi connectivity index (χ2v) is 9.42. The van der Waals surface area contributed by atoms with E-state index >= 15 is 0 Å². The van der Waals surface area contributed by atoms with Crippen LogP contribution in [0.2, 0.25) is 0 Å². The van der Waals surface area contributed by atoms with Crippen molar-refractivity contribution in [3.8, 4) is 0 Å². The summed E-state index contributed by atoms with van der Waals surface area (Å²) in [4.78, 5) is 22.7. The molecule has 2 aliphatic rings. The number of esters is 1. The molecule has 6 heteroatoms. The van der Waals surface area contributed by atoms with E-state index in [2.05, 4.69) is 26.8 Å². The highest BCUT2D eigenvalue weighted by atomic mass is 16.6. The SMILES string of the molecule is CC(C)=CCC1OC1(C)C1C[C@H](OC(=O)CCCCCCCCC(=O)O)CCC1O. The van der Waals surface area contributed by atoms with E-state index < -0.39 is 12.1 Å². The Morgan fingerprint density at radius 3 is 2.33 bits per heavy atom. The molecule has 0 aromatic carbocycles. The molecule has 5 atom stereocenters. The molecule has 0 amide bonds. The molecule has 6 nitrogen and oxygen atoms in total. The van der Waals surface area contributed by atoms with E-state index in [-0.39, 0.29) is 36.1 Å². The molecule has 0 aromatic heterocycles. The lowest BCUT2D eigenvalue weighted by atomic mass is 9.75. The van der Waals surface area contributed by atoms with Crippen molar-refractivity contribution in [3.05, 3.63) is 11.6 Å². The van der Waals surface area contributed by atoms with Crippen LogP contribution < -0.4 is 0 Å². The Morgan fingerprint density at radius 2 is 1.70 bits per heavy atom. The van der Waals surface area contributed by atoms with Crippen molar-refractivity contribution in [3.63, 3.8) is 0 Å². The number of carbonyl (C=O) groups is 2. The first-order valence-electron chi connectivity index (χ1n) is 11.6. The zero-order valence-corrected chi connectivity index (χ0v) is 18.9. The van der Waals surface area contributed by atoms with E-state index in [4.69, 9.17) is 14.6 Å². The van der Waals surface area contributed by atoms with Gasteiger partial charge >= 0.3 is 11.9 Å². The van der Waals surface area contributed by atoms with Crippen molar-refractivity contribution in [2.24, 2.45) is 5.92 Å². The van der Waals surface area contributed by atoms with E-state index in [9.17, 15) is 14.7 Å². The highest BCUT2D eigenvalue weighted by Gasteiger charge is 2.59. The minimum absolute atomic E-state index is 0.00501. The zero-order chi connectivity index (χ0) is 22.1. The van der Waals surface area contributed by atoms with Crippen molar-refractivity contribution in [2.45, 2.75) is 122 Å². The average Bonchev–Trinajstić information content (AvgIpc) is 3.34. The number of carboxylic acid groups (broad SMARTS) is 1. The fraction of sp³-hybridized carbons (Fsp3) is 0.833. The van der Waals surface area contributed by atoms with Crippen LogP contribution in [0, 0.1) is 5.92 Å². The van der Waals surface area contributed by atoms with Crippen LogP contribution in [0.1, 0.15) is 97.8 Å². The first-order chi connectivity index (χ1) is 14.2. The van der Waals surface area contributed by atoms with Crippen molar-refractivity contribution in [1.29, 1.82) is 0 Å². The van der Waals surface area contributed by atoms with Gasteiger partial charge < -0.3 is 19.7 Å². The molecule has 0 aromatic rings. The molecular formula is C24H40O6. The molecule has 30 heavy (non-hydrogen) atoms. The third-order valence-electron chi connectivity index (χ3n) is 6.54. The minimum Gasteiger partial charge on any atom is -0.481 e. The molecule has 1 saturated heterocycles. The number of carboxylic acids is 1. The minimum atomic E-state index is -0.735. The number of epoxide rings is 1. The van der Waals surface area contributed by atoms with Gasteiger partial charge in [0.15, 0.2) is 0 Å². The summed E-state index contributed by atoms with van der Waals surface area (Å²) in [5, 5.41) is 19.1. The number of hydrogen-bond acceptors (Lipinski definition) is 5. The zero-order valence-electron chi connectivity index (χ0n) is 18.9. The second kappa shape index (κ2) is 11.8. The summed E-state index contributed by atoms with van der Waals surface area (Å²) in [6, 6.07) is 0. The van der Waals surface area contributed by atoms with Crippen LogP contribution in [0.3, 0.4) is 0 Å². The van der Waals surface area contributed by atoms with Gasteiger partial charge in [-0.15, -0.1) is 0 Å². The Hall–Kier alpha value is -1.40. The lowest BCUT2D eigenvalue weighted by molar-refractivity contribution is -0.154. The molecule has 2 rings (SSSR count). The summed E-state index contributed by atoms with van der Waals surface area (Å²) < 4.78 is 11.7. The lowest BCUT2D eigenvalue weighted by Crippen LogP contribution is -2.42. The molecule has 1 aliphatic carbocycles. The van der Waals surface area contributed by atoms with Crippen LogP contribution in [-0.2, 0) is 19.1 Å². The maximum absolute atomic E-state index is 12.2. The van der Waals surface area contributed by atoms with Gasteiger partial charge in [-0.2, -0.15) is 0 Å². The van der Waals surface area contributed by atoms with Crippen molar-refractivity contribution >= 4 is 11.9 Å². The van der Waals surface area contributed by atoms with Gasteiger partial charge in [0, 0.05) is 18.8 Å². The van der Waals surface area contributed by atoms with Crippen LogP contribution in [0.5, 0.6) is 0 Å². The fourth-order valence-corrected chi connectivity index (χ4v) is 4.56. The summed E-state index contributed by atoms with van der Waals surface area (Å²) in [5.41, 5.74) is 0.945. The van der Waals surface area contributed by atoms with Gasteiger partial charge in [-0.1, -0.05) is 37.3 Å². The number of carbonyl (C=O) groups excluding carboxylic acids is 1. The van der Waals surface area contributed by atoms with Crippen LogP contribution in [0.15, 0.2) is 11.6 Å². The van der Waals surface area contributed by atoms with Crippen molar-refractivity contribution in [1.82, 2.24) is 0 Å². The molecule has 4 unspecified atom stereocenters. The van der Waals surface area contributed by atoms with E-state index in [0.29, 0.717) is 25.7 Å². The second-order valence-electron chi connectivity index (χ2n) is 9.42. The number of aliphatic carboxylic acids is 1. The third-order valence-corrected chi connectivity index (χ3v) is 6.54. The molecule has 172 valence electrons. The molecule has 0 spiro atoms. The van der Waals surface area contributed by atoms with Crippen LogP contribution in [0.25, 0.3) is 0 Å². The first kappa shape index (κ1) is 24.9. The summed E-state index contributed by atoms with van der Waals surface area (Å²) in [6.07, 6.45) is 10.8. The Morgan fingerprint density at radius 1 is 1.07 bits per heavy atom. The molecular weight excluding hydrogens is 384 g/mol. The standard InChI is InChI=1S/C24H40O6/c1-17(2)12-15-21-24(3,30-21)19-16-18(13-14-20(19)25)29-23(28)11-9-7-5-4-6-8-10-22(26)27/h12,18-21,25H,4-11,13-16H2,1-3H3,(H,26,27)/t18-,19?,20?,21?,24?/m1/s1. The number of aliphatic hydroxyl groups is 1. The van der Waals surface area contributed by atoms with Crippen molar-refractivity contribution in [2.75, 3.05) is 0 Å². The summed E-state index contributed by atoms with van der Waals surface area (Å²) in [5.74, 6) is -0.879. The predicted octanol–water partition coefficient (Wildman–Crippen LogP) is 4.78. The monoisotopic (exact) mass is 424 g/mol. The lowest BCUT2D eigenvalue weighted by Gasteiger charge is -2.35. The third kappa shape index (κ3) is 8.03. The van der Waals surface area contributed by atoms with Crippen molar-refractivity contribution < 1.29 is 29.3 Å². The number of ether oxygens (including phenoxy) is 2. The van der Waals surface area contributed by atoms with E-state index in [1.807, 2.05) is 0 Å². The molecule has 0 bridgehead atoms. The maximum Gasteiger partial charge on any atom is 0.306 e. The van der Waals surface area contributed by atoms with Gasteiger partial charge in [-0.25, -0.2) is 0 Å². The van der Waals surface area contributed by atoms with Gasteiger partial charge in [-0.3, -0.25) is 9.59 Å². The highest BCUT2D eigenvalue weighted by Crippen LogP contribution is 2.50. The topological polar surface area (TPSA) is 96.4 Å². The van der Waals surface area contributed by atoms with Gasteiger partial charge in [0.2, 0.25) is 0 Å². The fourth-order valence-electron chi connectivity index (χ4n) is 4.56. The Bertz CT molecular complexity index is 597.